The number of ether oxygens (including phenoxy) is 1. The van der Waals surface area contributed by atoms with Crippen LogP contribution in [0, 0.1) is 5.41 Å². The van der Waals surface area contributed by atoms with Gasteiger partial charge in [-0.1, -0.05) is 17.3 Å². The number of carbonyl (C=O) groups is 2. The van der Waals surface area contributed by atoms with Crippen LogP contribution >= 0.6 is 11.3 Å². The van der Waals surface area contributed by atoms with Crippen LogP contribution in [-0.4, -0.2) is 92.9 Å². The Morgan fingerprint density at radius 2 is 1.89 bits per heavy atom. The predicted octanol–water partition coefficient (Wildman–Crippen LogP) is 2.94. The third-order valence-corrected chi connectivity index (χ3v) is 8.58. The van der Waals surface area contributed by atoms with Gasteiger partial charge in [-0.3, -0.25) is 14.5 Å². The summed E-state index contributed by atoms with van der Waals surface area (Å²) in [4.78, 5) is 37.0. The molecule has 2 aliphatic rings. The fraction of sp³-hybridized carbons (Fsp3) is 0.519. The number of amides is 2. The second-order valence-corrected chi connectivity index (χ2v) is 11.3. The zero-order valence-corrected chi connectivity index (χ0v) is 22.9. The topological polar surface area (TPSA) is 96.7 Å². The molecule has 0 bridgehead atoms. The summed E-state index contributed by atoms with van der Waals surface area (Å²) < 4.78 is 7.94. The Balaban J connectivity index is 1.35. The van der Waals surface area contributed by atoms with Crippen molar-refractivity contribution in [3.05, 3.63) is 58.3 Å². The molecule has 4 heterocycles. The molecule has 1 fully saturated rings. The minimum Gasteiger partial charge on any atom is -0.492 e. The van der Waals surface area contributed by atoms with Crippen LogP contribution in [0.3, 0.4) is 0 Å². The van der Waals surface area contributed by atoms with Crippen molar-refractivity contribution in [3.63, 3.8) is 0 Å². The number of thiazole rings is 1. The van der Waals surface area contributed by atoms with Gasteiger partial charge in [-0.2, -0.15) is 0 Å². The maximum Gasteiger partial charge on any atom is 0.273 e. The van der Waals surface area contributed by atoms with Crippen molar-refractivity contribution in [1.82, 2.24) is 34.7 Å². The SMILES string of the molecule is CN1CCN(Cc2nccs2)CCCC2(CCN(C(=O)c3cnnn3C)CC2)COc2ccccc2C1=O. The van der Waals surface area contributed by atoms with Gasteiger partial charge < -0.3 is 14.5 Å². The van der Waals surface area contributed by atoms with E-state index in [-0.39, 0.29) is 17.2 Å². The van der Waals surface area contributed by atoms with E-state index in [1.54, 1.807) is 23.3 Å². The molecule has 202 valence electrons. The lowest BCUT2D eigenvalue weighted by molar-refractivity contribution is 0.0342. The van der Waals surface area contributed by atoms with Gasteiger partial charge in [0.25, 0.3) is 11.8 Å². The number of fused-ring (bicyclic) bond motifs is 1. The zero-order chi connectivity index (χ0) is 26.5. The summed E-state index contributed by atoms with van der Waals surface area (Å²) in [5, 5.41) is 10.9. The number of rotatable bonds is 3. The summed E-state index contributed by atoms with van der Waals surface area (Å²) in [6.45, 7) is 4.92. The molecule has 2 amide bonds. The Morgan fingerprint density at radius 3 is 2.63 bits per heavy atom. The number of benzene rings is 1. The molecule has 5 rings (SSSR count). The van der Waals surface area contributed by atoms with E-state index in [0.717, 1.165) is 50.3 Å². The Kier molecular flexibility index (Phi) is 8.04. The number of nitrogens with zero attached hydrogens (tertiary/aromatic N) is 7. The zero-order valence-electron chi connectivity index (χ0n) is 22.1. The fourth-order valence-corrected chi connectivity index (χ4v) is 6.02. The summed E-state index contributed by atoms with van der Waals surface area (Å²) in [5.74, 6) is 0.557. The van der Waals surface area contributed by atoms with Crippen molar-refractivity contribution >= 4 is 23.2 Å². The van der Waals surface area contributed by atoms with Crippen molar-refractivity contribution in [3.8, 4) is 5.75 Å². The highest BCUT2D eigenvalue weighted by atomic mass is 32.1. The molecule has 11 heteroatoms. The van der Waals surface area contributed by atoms with Crippen LogP contribution in [0.2, 0.25) is 0 Å². The average molecular weight is 538 g/mol. The number of likely N-dealkylation sites (tertiary alicyclic amines) is 1. The second-order valence-electron chi connectivity index (χ2n) is 10.4. The van der Waals surface area contributed by atoms with Crippen LogP contribution in [0.1, 0.15) is 51.5 Å². The molecule has 1 saturated heterocycles. The molecular weight excluding hydrogens is 502 g/mol. The molecule has 2 aliphatic heterocycles. The summed E-state index contributed by atoms with van der Waals surface area (Å²) in [6, 6.07) is 7.53. The Morgan fingerprint density at radius 1 is 1.08 bits per heavy atom. The van der Waals surface area contributed by atoms with Crippen molar-refractivity contribution in [1.29, 1.82) is 0 Å². The monoisotopic (exact) mass is 537 g/mol. The molecular formula is C27H35N7O3S. The molecule has 0 atom stereocenters. The molecule has 38 heavy (non-hydrogen) atoms. The van der Waals surface area contributed by atoms with Gasteiger partial charge in [0, 0.05) is 57.3 Å². The van der Waals surface area contributed by atoms with Crippen LogP contribution in [0.15, 0.2) is 42.0 Å². The highest BCUT2D eigenvalue weighted by molar-refractivity contribution is 7.09. The van der Waals surface area contributed by atoms with E-state index in [9.17, 15) is 9.59 Å². The van der Waals surface area contributed by atoms with Crippen molar-refractivity contribution in [2.75, 3.05) is 46.4 Å². The first kappa shape index (κ1) is 26.3. The van der Waals surface area contributed by atoms with Gasteiger partial charge >= 0.3 is 0 Å². The molecule has 1 aromatic carbocycles. The number of piperidine rings is 1. The molecule has 1 spiro atoms. The maximum absolute atomic E-state index is 13.3. The number of aryl methyl sites for hydroxylation is 1. The maximum atomic E-state index is 13.3. The van der Waals surface area contributed by atoms with E-state index in [1.807, 2.05) is 47.8 Å². The fourth-order valence-electron chi connectivity index (χ4n) is 5.36. The largest absolute Gasteiger partial charge is 0.492 e. The number of hydrogen-bond acceptors (Lipinski definition) is 8. The Bertz CT molecular complexity index is 1240. The van der Waals surface area contributed by atoms with Gasteiger partial charge in [0.2, 0.25) is 0 Å². The minimum atomic E-state index is -0.0789. The molecule has 3 aromatic rings. The van der Waals surface area contributed by atoms with Crippen molar-refractivity contribution < 1.29 is 14.3 Å². The number of aromatic nitrogens is 4. The highest BCUT2D eigenvalue weighted by Crippen LogP contribution is 2.38. The van der Waals surface area contributed by atoms with Gasteiger partial charge in [-0.05, 0) is 44.4 Å². The van der Waals surface area contributed by atoms with Gasteiger partial charge in [0.15, 0.2) is 0 Å². The normalized spacial score (nSPS) is 19.3. The third-order valence-electron chi connectivity index (χ3n) is 7.82. The first-order chi connectivity index (χ1) is 18.4. The lowest BCUT2D eigenvalue weighted by Gasteiger charge is -2.42. The molecule has 10 nitrogen and oxygen atoms in total. The standard InChI is InChI=1S/C27H35N7O3S/c1-31-15-16-33(19-24-28-11-17-38-24)12-5-8-27(20-37-23-7-4-3-6-21(23)25(31)35)9-13-34(14-10-27)26(36)22-18-29-30-32(22)2/h3-4,6-7,11,17-18H,5,8-10,12-16,19-20H2,1-2H3. The summed E-state index contributed by atoms with van der Waals surface area (Å²) in [7, 11) is 3.59. The van der Waals surface area contributed by atoms with E-state index in [2.05, 4.69) is 20.2 Å². The lowest BCUT2D eigenvalue weighted by atomic mass is 9.75. The van der Waals surface area contributed by atoms with Crippen molar-refractivity contribution in [2.24, 2.45) is 12.5 Å². The first-order valence-corrected chi connectivity index (χ1v) is 14.0. The van der Waals surface area contributed by atoms with Crippen LogP contribution < -0.4 is 4.74 Å². The third kappa shape index (κ3) is 5.88. The van der Waals surface area contributed by atoms with Crippen LogP contribution in [-0.2, 0) is 13.6 Å². The molecule has 0 N–H and O–H groups in total. The molecule has 0 aliphatic carbocycles. The number of hydrogen-bond donors (Lipinski definition) is 0. The van der Waals surface area contributed by atoms with E-state index < -0.39 is 0 Å². The van der Waals surface area contributed by atoms with Crippen molar-refractivity contribution in [2.45, 2.75) is 32.2 Å². The molecule has 2 aromatic heterocycles. The van der Waals surface area contributed by atoms with Crippen LogP contribution in [0.5, 0.6) is 5.75 Å². The Labute approximate surface area is 227 Å². The van der Waals surface area contributed by atoms with E-state index in [4.69, 9.17) is 4.74 Å². The quantitative estimate of drug-likeness (QED) is 0.507. The van der Waals surface area contributed by atoms with E-state index in [1.165, 1.54) is 10.9 Å². The summed E-state index contributed by atoms with van der Waals surface area (Å²) in [5.41, 5.74) is 1.01. The van der Waals surface area contributed by atoms with E-state index >= 15 is 0 Å². The molecule has 0 radical (unpaired) electrons. The minimum absolute atomic E-state index is 0.0340. The second kappa shape index (κ2) is 11.6. The number of para-hydroxylation sites is 1. The molecule has 0 saturated carbocycles. The number of carbonyl (C=O) groups excluding carboxylic acids is 2. The van der Waals surface area contributed by atoms with Gasteiger partial charge in [-0.15, -0.1) is 16.4 Å². The summed E-state index contributed by atoms with van der Waals surface area (Å²) >= 11 is 1.66. The highest BCUT2D eigenvalue weighted by Gasteiger charge is 2.38. The molecule has 0 unspecified atom stereocenters. The average Bonchev–Trinajstić information content (AvgIpc) is 3.61. The lowest BCUT2D eigenvalue weighted by Crippen LogP contribution is -2.46. The van der Waals surface area contributed by atoms with Gasteiger partial charge in [0.1, 0.15) is 16.5 Å². The van der Waals surface area contributed by atoms with Gasteiger partial charge in [0.05, 0.1) is 24.9 Å². The van der Waals surface area contributed by atoms with Crippen LogP contribution in [0.25, 0.3) is 0 Å². The summed E-state index contributed by atoms with van der Waals surface area (Å²) in [6.07, 6.45) is 7.04. The van der Waals surface area contributed by atoms with Crippen LogP contribution in [0.4, 0.5) is 0 Å². The smallest absolute Gasteiger partial charge is 0.273 e. The van der Waals surface area contributed by atoms with Gasteiger partial charge in [-0.25, -0.2) is 9.67 Å². The number of likely N-dealkylation sites (N-methyl/N-ethyl adjacent to an activating group) is 1. The first-order valence-electron chi connectivity index (χ1n) is 13.2. The van der Waals surface area contributed by atoms with E-state index in [0.29, 0.717) is 43.2 Å². The predicted molar refractivity (Wildman–Crippen MR) is 144 cm³/mol. The Hall–Kier alpha value is -3.31.